The van der Waals surface area contributed by atoms with Crippen molar-refractivity contribution < 1.29 is 18.7 Å². The Hall–Kier alpha value is -3.25. The predicted octanol–water partition coefficient (Wildman–Crippen LogP) is 3.09. The molecule has 11 nitrogen and oxygen atoms in total. The number of ether oxygens (including phenoxy) is 2. The van der Waals surface area contributed by atoms with Gasteiger partial charge < -0.3 is 29.9 Å². The average molecular weight is 463 g/mol. The summed E-state index contributed by atoms with van der Waals surface area (Å²) in [6, 6.07) is 1.42. The molecule has 1 aliphatic carbocycles. The minimum Gasteiger partial charge on any atom is -0.488 e. The van der Waals surface area contributed by atoms with Gasteiger partial charge in [-0.15, -0.1) is 10.2 Å². The van der Waals surface area contributed by atoms with Crippen LogP contribution in [-0.4, -0.2) is 48.7 Å². The summed E-state index contributed by atoms with van der Waals surface area (Å²) in [5.74, 6) is -0.834. The SMILES string of the molecule is COc1c(N[C@H]2CCCC[C@H]2OC)cc(C(=O)Nc2nnc(N/C(C)=C\C=N)s2)oc1=O. The average Bonchev–Trinajstić information content (AvgIpc) is 3.20. The Bertz CT molecular complexity index is 1050. The topological polar surface area (TPSA) is 151 Å². The molecular weight excluding hydrogens is 436 g/mol. The van der Waals surface area contributed by atoms with E-state index in [0.29, 0.717) is 16.5 Å². The summed E-state index contributed by atoms with van der Waals surface area (Å²) >= 11 is 1.10. The maximum atomic E-state index is 12.7. The van der Waals surface area contributed by atoms with Gasteiger partial charge in [0.25, 0.3) is 5.91 Å². The van der Waals surface area contributed by atoms with Gasteiger partial charge in [0.15, 0.2) is 5.76 Å². The number of hydrogen-bond donors (Lipinski definition) is 4. The van der Waals surface area contributed by atoms with E-state index in [1.807, 2.05) is 0 Å². The zero-order valence-electron chi connectivity index (χ0n) is 18.1. The molecule has 1 saturated carbocycles. The van der Waals surface area contributed by atoms with Crippen molar-refractivity contribution in [2.24, 2.45) is 0 Å². The lowest BCUT2D eigenvalue weighted by Crippen LogP contribution is -2.38. The van der Waals surface area contributed by atoms with Crippen molar-refractivity contribution in [3.05, 3.63) is 34.0 Å². The van der Waals surface area contributed by atoms with E-state index >= 15 is 0 Å². The third kappa shape index (κ3) is 5.71. The van der Waals surface area contributed by atoms with E-state index < -0.39 is 11.5 Å². The fourth-order valence-electron chi connectivity index (χ4n) is 3.46. The minimum absolute atomic E-state index is 0.00200. The van der Waals surface area contributed by atoms with Gasteiger partial charge in [0.2, 0.25) is 16.0 Å². The summed E-state index contributed by atoms with van der Waals surface area (Å²) in [5, 5.41) is 24.4. The number of hydrogen-bond acceptors (Lipinski definition) is 11. The van der Waals surface area contributed by atoms with Crippen LogP contribution in [0.2, 0.25) is 0 Å². The van der Waals surface area contributed by atoms with Crippen molar-refractivity contribution in [2.45, 2.75) is 44.8 Å². The lowest BCUT2D eigenvalue weighted by atomic mass is 9.92. The second kappa shape index (κ2) is 10.9. The number of anilines is 3. The van der Waals surface area contributed by atoms with Gasteiger partial charge in [-0.05, 0) is 25.8 Å². The van der Waals surface area contributed by atoms with Crippen LogP contribution in [0.3, 0.4) is 0 Å². The molecule has 0 saturated heterocycles. The fraction of sp³-hybridized carbons (Fsp3) is 0.450. The van der Waals surface area contributed by atoms with Gasteiger partial charge in [-0.25, -0.2) is 4.79 Å². The number of methoxy groups -OCH3 is 2. The number of nitrogens with zero attached hydrogens (tertiary/aromatic N) is 2. The van der Waals surface area contributed by atoms with Crippen molar-refractivity contribution in [3.8, 4) is 5.75 Å². The molecule has 3 rings (SSSR count). The summed E-state index contributed by atoms with van der Waals surface area (Å²) < 4.78 is 15.9. The number of carbonyl (C=O) groups excluding carboxylic acids is 1. The molecule has 0 bridgehead atoms. The summed E-state index contributed by atoms with van der Waals surface area (Å²) in [7, 11) is 3.03. The zero-order valence-corrected chi connectivity index (χ0v) is 18.9. The molecule has 1 fully saturated rings. The molecule has 1 aliphatic rings. The number of nitrogens with one attached hydrogen (secondary N) is 4. The first-order valence-electron chi connectivity index (χ1n) is 10.1. The van der Waals surface area contributed by atoms with Crippen LogP contribution < -0.4 is 26.3 Å². The Morgan fingerprint density at radius 2 is 1.97 bits per heavy atom. The molecule has 0 radical (unpaired) electrons. The van der Waals surface area contributed by atoms with E-state index in [0.717, 1.165) is 43.2 Å². The first-order valence-corrected chi connectivity index (χ1v) is 10.9. The smallest absolute Gasteiger partial charge is 0.381 e. The second-order valence-electron chi connectivity index (χ2n) is 7.16. The summed E-state index contributed by atoms with van der Waals surface area (Å²) in [5.41, 5.74) is 0.303. The van der Waals surface area contributed by atoms with E-state index in [-0.39, 0.29) is 28.8 Å². The molecule has 12 heteroatoms. The van der Waals surface area contributed by atoms with Crippen molar-refractivity contribution in [3.63, 3.8) is 0 Å². The van der Waals surface area contributed by atoms with Crippen LogP contribution in [-0.2, 0) is 4.74 Å². The molecular formula is C20H26N6O5S. The Balaban J connectivity index is 1.78. The molecule has 0 aromatic carbocycles. The molecule has 2 heterocycles. The highest BCUT2D eigenvalue weighted by Crippen LogP contribution is 2.29. The molecule has 2 aromatic heterocycles. The molecule has 0 aliphatic heterocycles. The number of aromatic nitrogens is 2. The Morgan fingerprint density at radius 1 is 1.25 bits per heavy atom. The first-order chi connectivity index (χ1) is 15.4. The molecule has 172 valence electrons. The summed E-state index contributed by atoms with van der Waals surface area (Å²) in [6.07, 6.45) is 6.59. The summed E-state index contributed by atoms with van der Waals surface area (Å²) in [6.45, 7) is 1.77. The number of carbonyl (C=O) groups is 1. The lowest BCUT2D eigenvalue weighted by molar-refractivity contribution is 0.0605. The van der Waals surface area contributed by atoms with E-state index in [1.165, 1.54) is 13.2 Å². The minimum atomic E-state index is -0.764. The maximum Gasteiger partial charge on any atom is 0.381 e. The van der Waals surface area contributed by atoms with E-state index in [1.54, 1.807) is 20.1 Å². The quantitative estimate of drug-likeness (QED) is 0.412. The lowest BCUT2D eigenvalue weighted by Gasteiger charge is -2.32. The molecule has 4 N–H and O–H groups in total. The highest BCUT2D eigenvalue weighted by Gasteiger charge is 2.27. The number of allylic oxidation sites excluding steroid dienone is 2. The van der Waals surface area contributed by atoms with Gasteiger partial charge in [-0.1, -0.05) is 24.2 Å². The monoisotopic (exact) mass is 462 g/mol. The Morgan fingerprint density at radius 3 is 2.66 bits per heavy atom. The van der Waals surface area contributed by atoms with Gasteiger partial charge in [-0.3, -0.25) is 10.1 Å². The Labute approximate surface area is 188 Å². The third-order valence-corrected chi connectivity index (χ3v) is 5.72. The molecule has 2 atom stereocenters. The maximum absolute atomic E-state index is 12.7. The van der Waals surface area contributed by atoms with Gasteiger partial charge >= 0.3 is 5.63 Å². The number of amides is 1. The highest BCUT2D eigenvalue weighted by molar-refractivity contribution is 7.19. The van der Waals surface area contributed by atoms with Gasteiger partial charge in [0.1, 0.15) is 0 Å². The Kier molecular flexibility index (Phi) is 7.95. The van der Waals surface area contributed by atoms with Crippen molar-refractivity contribution in [1.82, 2.24) is 10.2 Å². The van der Waals surface area contributed by atoms with Crippen LogP contribution in [0.25, 0.3) is 0 Å². The van der Waals surface area contributed by atoms with Crippen molar-refractivity contribution in [2.75, 3.05) is 30.2 Å². The molecule has 32 heavy (non-hydrogen) atoms. The van der Waals surface area contributed by atoms with Crippen molar-refractivity contribution >= 4 is 39.4 Å². The number of rotatable bonds is 9. The van der Waals surface area contributed by atoms with Crippen LogP contribution >= 0.6 is 11.3 Å². The first kappa shape index (κ1) is 23.4. The van der Waals surface area contributed by atoms with Crippen LogP contribution in [0.4, 0.5) is 16.0 Å². The van der Waals surface area contributed by atoms with Gasteiger partial charge in [0.05, 0.1) is 24.9 Å². The molecule has 0 unspecified atom stereocenters. The zero-order chi connectivity index (χ0) is 23.1. The van der Waals surface area contributed by atoms with Crippen LogP contribution in [0, 0.1) is 5.41 Å². The molecule has 1 amide bonds. The van der Waals surface area contributed by atoms with E-state index in [2.05, 4.69) is 26.1 Å². The predicted molar refractivity (Wildman–Crippen MR) is 122 cm³/mol. The third-order valence-electron chi connectivity index (χ3n) is 4.97. The molecule has 2 aromatic rings. The van der Waals surface area contributed by atoms with E-state index in [9.17, 15) is 9.59 Å². The van der Waals surface area contributed by atoms with E-state index in [4.69, 9.17) is 19.3 Å². The normalized spacial score (nSPS) is 18.7. The highest BCUT2D eigenvalue weighted by atomic mass is 32.1. The fourth-order valence-corrected chi connectivity index (χ4v) is 4.16. The molecule has 0 spiro atoms. The van der Waals surface area contributed by atoms with Crippen molar-refractivity contribution in [1.29, 1.82) is 5.41 Å². The van der Waals surface area contributed by atoms with Gasteiger partial charge in [0, 0.05) is 25.1 Å². The standard InChI is InChI=1S/C20H26N6O5S/c1-11(8-9-21)22-19-25-26-20(32-19)24-17(27)15-10-13(16(30-3)18(28)31-15)23-12-6-4-5-7-14(12)29-2/h8-10,12,14,21,23H,4-7H2,1-3H3,(H,22,25)(H,24,26,27)/b11-8-,21-9?/t12-,14+/m0/s1. The van der Waals surface area contributed by atoms with Crippen LogP contribution in [0.5, 0.6) is 5.75 Å². The second-order valence-corrected chi connectivity index (χ2v) is 8.14. The van der Waals surface area contributed by atoms with Gasteiger partial charge in [-0.2, -0.15) is 0 Å². The largest absolute Gasteiger partial charge is 0.488 e. The van der Waals surface area contributed by atoms with Crippen LogP contribution in [0.1, 0.15) is 43.2 Å². The summed E-state index contributed by atoms with van der Waals surface area (Å²) in [4.78, 5) is 25.1. The van der Waals surface area contributed by atoms with Crippen LogP contribution in [0.15, 0.2) is 27.1 Å².